The van der Waals surface area contributed by atoms with Crippen LogP contribution in [0.1, 0.15) is 45.1 Å². The molecule has 2 aromatic heterocycles. The van der Waals surface area contributed by atoms with E-state index in [2.05, 4.69) is 9.97 Å². The Kier molecular flexibility index (Phi) is 6.49. The molecule has 1 unspecified atom stereocenters. The number of benzene rings is 2. The van der Waals surface area contributed by atoms with E-state index in [4.69, 9.17) is 11.6 Å². The fourth-order valence-electron chi connectivity index (χ4n) is 6.14. The number of aryl methyl sites for hydroxylation is 1. The predicted octanol–water partition coefficient (Wildman–Crippen LogP) is 6.86. The van der Waals surface area contributed by atoms with Gasteiger partial charge in [-0.05, 0) is 96.7 Å². The first kappa shape index (κ1) is 24.3. The molecule has 6 rings (SSSR count). The monoisotopic (exact) mass is 539 g/mol. The normalized spacial score (nSPS) is 21.4. The van der Waals surface area contributed by atoms with Gasteiger partial charge in [0.2, 0.25) is 5.91 Å². The summed E-state index contributed by atoms with van der Waals surface area (Å²) in [5.74, 6) is 0.717. The van der Waals surface area contributed by atoms with Crippen molar-refractivity contribution in [1.29, 1.82) is 0 Å². The average Bonchev–Trinajstić information content (AvgIpc) is 3.68. The number of anilines is 1. The number of hydrogen-bond acceptors (Lipinski definition) is 4. The van der Waals surface area contributed by atoms with E-state index < -0.39 is 6.52 Å². The minimum absolute atomic E-state index is 0.0533. The van der Waals surface area contributed by atoms with Gasteiger partial charge in [0.05, 0.1) is 37.1 Å². The Hall–Kier alpha value is -3.77. The lowest BCUT2D eigenvalue weighted by Gasteiger charge is -2.30. The third kappa shape index (κ3) is 5.13. The molecule has 4 aromatic rings. The van der Waals surface area contributed by atoms with Crippen molar-refractivity contribution in [1.82, 2.24) is 14.5 Å². The first-order valence-electron chi connectivity index (χ1n) is 14.0. The lowest BCUT2D eigenvalue weighted by Crippen LogP contribution is -2.38. The van der Waals surface area contributed by atoms with Gasteiger partial charge in [-0.3, -0.25) is 14.6 Å². The molecule has 0 radical (unpaired) electrons. The molecule has 2 saturated carbocycles. The topological polar surface area (TPSA) is 68.1 Å². The highest BCUT2D eigenvalue weighted by Crippen LogP contribution is 2.49. The maximum Gasteiger partial charge on any atom is 0.230 e. The number of nitrogens with zero attached hydrogens (tertiary/aromatic N) is 4. The molecule has 2 aromatic carbocycles. The quantitative estimate of drug-likeness (QED) is 0.241. The van der Waals surface area contributed by atoms with Crippen LogP contribution in [-0.4, -0.2) is 26.2 Å². The molecule has 4 atom stereocenters. The molecule has 0 N–H and O–H groups in total. The van der Waals surface area contributed by atoms with E-state index in [1.165, 1.54) is 19.4 Å². The van der Waals surface area contributed by atoms with Crippen LogP contribution in [0.3, 0.4) is 0 Å². The van der Waals surface area contributed by atoms with Gasteiger partial charge in [-0.1, -0.05) is 36.2 Å². The van der Waals surface area contributed by atoms with Crippen LogP contribution < -0.4 is 4.90 Å². The molecule has 0 aliphatic heterocycles. The zero-order chi connectivity index (χ0) is 28.0. The van der Waals surface area contributed by atoms with Crippen LogP contribution in [0.2, 0.25) is 5.02 Å². The number of aromatic nitrogens is 3. The number of allylic oxidation sites excluding steroid dienone is 1. The lowest BCUT2D eigenvalue weighted by molar-refractivity contribution is -0.124. The number of carbonyl (C=O) groups excluding carboxylic acids is 2. The van der Waals surface area contributed by atoms with Crippen molar-refractivity contribution in [3.8, 4) is 11.1 Å². The fourth-order valence-corrected chi connectivity index (χ4v) is 6.37. The molecule has 2 aliphatic rings. The SMILES string of the molecule is [2H]C(c1ccc(-c2ccc3c(c2)ncn3C)cc1Cl)N(C(=O)[C@@H]1C[C@@H]2CC[C@H]1C2)c1cncc(/C=C/C(C)=O)c1. The molecule has 2 aliphatic carbocycles. The number of pyridine rings is 1. The summed E-state index contributed by atoms with van der Waals surface area (Å²) in [5.41, 5.74) is 5.60. The Morgan fingerprint density at radius 1 is 1.13 bits per heavy atom. The summed E-state index contributed by atoms with van der Waals surface area (Å²) in [6.07, 6.45) is 12.4. The number of imidazole rings is 1. The summed E-state index contributed by atoms with van der Waals surface area (Å²) in [4.78, 5) is 35.9. The summed E-state index contributed by atoms with van der Waals surface area (Å²) < 4.78 is 11.3. The van der Waals surface area contributed by atoms with E-state index >= 15 is 0 Å². The zero-order valence-corrected chi connectivity index (χ0v) is 22.8. The number of halogens is 1. The minimum atomic E-state index is -1.06. The molecule has 198 valence electrons. The van der Waals surface area contributed by atoms with Crippen molar-refractivity contribution < 1.29 is 11.0 Å². The highest BCUT2D eigenvalue weighted by molar-refractivity contribution is 6.31. The standard InChI is InChI=1S/C32H31ClN4O2/c1-20(38)3-4-22-12-27(17-34-16-22)37(32(39)28-13-21-5-6-25(28)11-21)18-26-8-7-23(14-29(26)33)24-9-10-31-30(15-24)35-19-36(31)2/h3-4,7-10,12,14-17,19,21,25,28H,5-6,11,13,18H2,1-2H3/b4-3+/t21-,25+,28-/m1/s1/i18D/t18?,21-,25+,28-. The molecule has 1 amide bonds. The second-order valence-electron chi connectivity index (χ2n) is 10.8. The van der Waals surface area contributed by atoms with Crippen molar-refractivity contribution in [2.45, 2.75) is 39.1 Å². The van der Waals surface area contributed by atoms with Crippen LogP contribution in [0.25, 0.3) is 28.2 Å². The Labute approximate surface area is 234 Å². The van der Waals surface area contributed by atoms with E-state index in [9.17, 15) is 11.0 Å². The maximum absolute atomic E-state index is 14.1. The van der Waals surface area contributed by atoms with E-state index in [0.29, 0.717) is 33.7 Å². The van der Waals surface area contributed by atoms with E-state index in [1.807, 2.05) is 54.1 Å². The van der Waals surface area contributed by atoms with Crippen LogP contribution in [0.5, 0.6) is 0 Å². The van der Waals surface area contributed by atoms with Crippen molar-refractivity contribution in [2.75, 3.05) is 4.90 Å². The van der Waals surface area contributed by atoms with Gasteiger partial charge in [-0.25, -0.2) is 4.98 Å². The number of carbonyl (C=O) groups is 2. The predicted molar refractivity (Wildman–Crippen MR) is 155 cm³/mol. The van der Waals surface area contributed by atoms with Crippen LogP contribution in [0.15, 0.2) is 67.3 Å². The Bertz CT molecular complexity index is 1650. The molecular formula is C32H31ClN4O2. The van der Waals surface area contributed by atoms with Crippen LogP contribution >= 0.6 is 11.6 Å². The number of amides is 1. The summed E-state index contributed by atoms with van der Waals surface area (Å²) in [6.45, 7) is 0.429. The highest BCUT2D eigenvalue weighted by Gasteiger charge is 2.44. The van der Waals surface area contributed by atoms with E-state index in [-0.39, 0.29) is 17.6 Å². The number of ketones is 1. The second-order valence-corrected chi connectivity index (χ2v) is 11.2. The van der Waals surface area contributed by atoms with Crippen LogP contribution in [0.4, 0.5) is 5.69 Å². The first-order chi connectivity index (χ1) is 19.3. The average molecular weight is 540 g/mol. The zero-order valence-electron chi connectivity index (χ0n) is 23.0. The van der Waals surface area contributed by atoms with Gasteiger partial charge in [-0.15, -0.1) is 0 Å². The number of fused-ring (bicyclic) bond motifs is 3. The minimum Gasteiger partial charge on any atom is -0.334 e. The van der Waals surface area contributed by atoms with Gasteiger partial charge >= 0.3 is 0 Å². The van der Waals surface area contributed by atoms with Gasteiger partial charge < -0.3 is 9.47 Å². The molecular weight excluding hydrogens is 508 g/mol. The second kappa shape index (κ2) is 10.4. The first-order valence-corrected chi connectivity index (χ1v) is 13.8. The van der Waals surface area contributed by atoms with Crippen molar-refractivity contribution in [2.24, 2.45) is 24.8 Å². The molecule has 2 bridgehead atoms. The largest absolute Gasteiger partial charge is 0.334 e. The molecule has 2 fully saturated rings. The summed E-state index contributed by atoms with van der Waals surface area (Å²) >= 11 is 6.83. The molecule has 2 heterocycles. The fraction of sp³-hybridized carbons (Fsp3) is 0.312. The summed E-state index contributed by atoms with van der Waals surface area (Å²) in [7, 11) is 1.96. The summed E-state index contributed by atoms with van der Waals surface area (Å²) in [5, 5.41) is 0.421. The molecule has 0 saturated heterocycles. The third-order valence-corrected chi connectivity index (χ3v) is 8.48. The van der Waals surface area contributed by atoms with Crippen molar-refractivity contribution >= 4 is 46.1 Å². The lowest BCUT2D eigenvalue weighted by atomic mass is 9.87. The number of rotatable bonds is 7. The molecule has 0 spiro atoms. The van der Waals surface area contributed by atoms with Gasteiger partial charge in [0.1, 0.15) is 0 Å². The molecule has 6 nitrogen and oxygen atoms in total. The Balaban J connectivity index is 1.36. The Morgan fingerprint density at radius 3 is 2.69 bits per heavy atom. The number of hydrogen-bond donors (Lipinski definition) is 0. The van der Waals surface area contributed by atoms with Gasteiger partial charge in [0, 0.05) is 24.2 Å². The highest BCUT2D eigenvalue weighted by atomic mass is 35.5. The van der Waals surface area contributed by atoms with Crippen molar-refractivity contribution in [3.05, 3.63) is 83.4 Å². The molecule has 7 heteroatoms. The van der Waals surface area contributed by atoms with Crippen LogP contribution in [0, 0.1) is 17.8 Å². The summed E-state index contributed by atoms with van der Waals surface area (Å²) in [6, 6.07) is 13.5. The smallest absolute Gasteiger partial charge is 0.230 e. The van der Waals surface area contributed by atoms with Gasteiger partial charge in [-0.2, -0.15) is 0 Å². The Morgan fingerprint density at radius 2 is 1.95 bits per heavy atom. The van der Waals surface area contributed by atoms with Crippen LogP contribution in [-0.2, 0) is 23.2 Å². The van der Waals surface area contributed by atoms with Crippen molar-refractivity contribution in [3.63, 3.8) is 0 Å². The third-order valence-electron chi connectivity index (χ3n) is 8.15. The molecule has 39 heavy (non-hydrogen) atoms. The van der Waals surface area contributed by atoms with Gasteiger partial charge in [0.25, 0.3) is 0 Å². The maximum atomic E-state index is 14.1. The van der Waals surface area contributed by atoms with E-state index in [1.54, 1.807) is 29.7 Å². The van der Waals surface area contributed by atoms with E-state index in [0.717, 1.165) is 41.4 Å². The van der Waals surface area contributed by atoms with Gasteiger partial charge in [0.15, 0.2) is 5.78 Å².